The first-order valence-electron chi connectivity index (χ1n) is 7.59. The lowest BCUT2D eigenvalue weighted by Crippen LogP contribution is -2.55. The second-order valence-electron chi connectivity index (χ2n) is 6.21. The van der Waals surface area contributed by atoms with Gasteiger partial charge in [-0.1, -0.05) is 0 Å². The predicted molar refractivity (Wildman–Crippen MR) is 73.6 cm³/mol. The van der Waals surface area contributed by atoms with Crippen LogP contribution in [0.4, 0.5) is 4.79 Å². The van der Waals surface area contributed by atoms with E-state index in [9.17, 15) is 14.4 Å². The highest BCUT2D eigenvalue weighted by molar-refractivity contribution is 5.80. The zero-order valence-electron chi connectivity index (χ0n) is 12.0. The summed E-state index contributed by atoms with van der Waals surface area (Å²) < 4.78 is 0. The highest BCUT2D eigenvalue weighted by atomic mass is 16.4. The van der Waals surface area contributed by atoms with E-state index >= 15 is 0 Å². The van der Waals surface area contributed by atoms with Gasteiger partial charge >= 0.3 is 12.0 Å². The Morgan fingerprint density at radius 3 is 2.62 bits per heavy atom. The van der Waals surface area contributed by atoms with Gasteiger partial charge in [0.1, 0.15) is 0 Å². The molecule has 0 bridgehead atoms. The summed E-state index contributed by atoms with van der Waals surface area (Å²) in [6.07, 6.45) is 2.33. The fourth-order valence-corrected chi connectivity index (χ4v) is 3.66. The van der Waals surface area contributed by atoms with Crippen LogP contribution in [0.2, 0.25) is 0 Å². The topological polar surface area (TPSA) is 81.2 Å². The normalized spacial score (nSPS) is 29.0. The molecule has 0 saturated carbocycles. The number of carbonyl (C=O) groups is 3. The highest BCUT2D eigenvalue weighted by Crippen LogP contribution is 2.25. The van der Waals surface area contributed by atoms with Gasteiger partial charge in [-0.05, 0) is 18.8 Å². The van der Waals surface area contributed by atoms with E-state index in [4.69, 9.17) is 5.11 Å². The lowest BCUT2D eigenvalue weighted by atomic mass is 10.1. The molecule has 0 aromatic rings. The van der Waals surface area contributed by atoms with Gasteiger partial charge in [-0.25, -0.2) is 4.79 Å². The second-order valence-corrected chi connectivity index (χ2v) is 6.21. The molecule has 3 saturated heterocycles. The number of piperazine rings is 1. The minimum atomic E-state index is -0.799. The third kappa shape index (κ3) is 2.82. The molecule has 0 aromatic heterocycles. The van der Waals surface area contributed by atoms with Crippen molar-refractivity contribution in [3.05, 3.63) is 0 Å². The molecule has 7 nitrogen and oxygen atoms in total. The summed E-state index contributed by atoms with van der Waals surface area (Å²) in [5, 5.41) is 8.82. The summed E-state index contributed by atoms with van der Waals surface area (Å²) >= 11 is 0. The molecular formula is C14H21N3O4. The van der Waals surface area contributed by atoms with E-state index in [1.54, 1.807) is 4.90 Å². The Balaban J connectivity index is 1.55. The number of rotatable bonds is 2. The van der Waals surface area contributed by atoms with Gasteiger partial charge in [0.05, 0.1) is 0 Å². The molecule has 0 aliphatic carbocycles. The molecule has 3 heterocycles. The molecule has 3 rings (SSSR count). The van der Waals surface area contributed by atoms with Crippen molar-refractivity contribution in [1.82, 2.24) is 14.7 Å². The van der Waals surface area contributed by atoms with Crippen molar-refractivity contribution < 1.29 is 19.5 Å². The number of fused-ring (bicyclic) bond motifs is 1. The summed E-state index contributed by atoms with van der Waals surface area (Å²) in [4.78, 5) is 40.4. The Kier molecular flexibility index (Phi) is 3.73. The van der Waals surface area contributed by atoms with Crippen LogP contribution in [-0.4, -0.2) is 76.5 Å². The number of urea groups is 1. The van der Waals surface area contributed by atoms with Crippen LogP contribution < -0.4 is 0 Å². The summed E-state index contributed by atoms with van der Waals surface area (Å²) in [6, 6.07) is 0.175. The molecular weight excluding hydrogens is 274 g/mol. The molecule has 3 amide bonds. The molecule has 116 valence electrons. The SMILES string of the molecule is O=C(O)CC1CCN(C(=O)N2CCN3C(=O)CCC3C2)C1. The molecule has 2 atom stereocenters. The van der Waals surface area contributed by atoms with Crippen LogP contribution in [0.3, 0.4) is 0 Å². The van der Waals surface area contributed by atoms with E-state index in [0.29, 0.717) is 39.1 Å². The molecule has 0 spiro atoms. The maximum Gasteiger partial charge on any atom is 0.320 e. The second kappa shape index (κ2) is 5.54. The van der Waals surface area contributed by atoms with Gasteiger partial charge in [-0.2, -0.15) is 0 Å². The minimum absolute atomic E-state index is 0.00175. The molecule has 7 heteroatoms. The average Bonchev–Trinajstić information content (AvgIpc) is 3.05. The average molecular weight is 295 g/mol. The maximum absolute atomic E-state index is 12.5. The number of likely N-dealkylation sites (tertiary alicyclic amines) is 1. The van der Waals surface area contributed by atoms with Crippen LogP contribution in [0.15, 0.2) is 0 Å². The van der Waals surface area contributed by atoms with Gasteiger partial charge < -0.3 is 19.8 Å². The van der Waals surface area contributed by atoms with Gasteiger partial charge in [0.15, 0.2) is 0 Å². The van der Waals surface area contributed by atoms with Crippen LogP contribution in [0.5, 0.6) is 0 Å². The first kappa shape index (κ1) is 14.2. The number of carboxylic acids is 1. The van der Waals surface area contributed by atoms with Crippen molar-refractivity contribution in [3.63, 3.8) is 0 Å². The quantitative estimate of drug-likeness (QED) is 0.789. The molecule has 1 N–H and O–H groups in total. The summed E-state index contributed by atoms with van der Waals surface area (Å²) in [7, 11) is 0. The zero-order valence-corrected chi connectivity index (χ0v) is 12.0. The van der Waals surface area contributed by atoms with E-state index in [2.05, 4.69) is 0 Å². The molecule has 0 aromatic carbocycles. The van der Waals surface area contributed by atoms with E-state index in [1.807, 2.05) is 9.80 Å². The fourth-order valence-electron chi connectivity index (χ4n) is 3.66. The summed E-state index contributed by atoms with van der Waals surface area (Å²) in [5.41, 5.74) is 0. The largest absolute Gasteiger partial charge is 0.481 e. The number of aliphatic carboxylic acids is 1. The molecule has 2 unspecified atom stereocenters. The van der Waals surface area contributed by atoms with Crippen LogP contribution >= 0.6 is 0 Å². The lowest BCUT2D eigenvalue weighted by Gasteiger charge is -2.39. The Bertz CT molecular complexity index is 467. The van der Waals surface area contributed by atoms with Crippen molar-refractivity contribution in [2.75, 3.05) is 32.7 Å². The number of carbonyl (C=O) groups excluding carboxylic acids is 2. The molecule has 3 fully saturated rings. The van der Waals surface area contributed by atoms with Crippen molar-refractivity contribution >= 4 is 17.9 Å². The molecule has 0 radical (unpaired) electrons. The fraction of sp³-hybridized carbons (Fsp3) is 0.786. The van der Waals surface area contributed by atoms with Gasteiger partial charge in [-0.3, -0.25) is 9.59 Å². The molecule has 21 heavy (non-hydrogen) atoms. The van der Waals surface area contributed by atoms with Gasteiger partial charge in [0, 0.05) is 51.6 Å². The van der Waals surface area contributed by atoms with Crippen LogP contribution in [0.25, 0.3) is 0 Å². The number of carboxylic acid groups (broad SMARTS) is 1. The smallest absolute Gasteiger partial charge is 0.320 e. The third-order valence-corrected chi connectivity index (χ3v) is 4.78. The number of hydrogen-bond acceptors (Lipinski definition) is 3. The van der Waals surface area contributed by atoms with Gasteiger partial charge in [-0.15, -0.1) is 0 Å². The zero-order chi connectivity index (χ0) is 15.0. The van der Waals surface area contributed by atoms with E-state index in [0.717, 1.165) is 12.8 Å². The summed E-state index contributed by atoms with van der Waals surface area (Å²) in [5.74, 6) is -0.525. The lowest BCUT2D eigenvalue weighted by molar-refractivity contribution is -0.138. The minimum Gasteiger partial charge on any atom is -0.481 e. The van der Waals surface area contributed by atoms with E-state index in [-0.39, 0.29) is 30.3 Å². The Morgan fingerprint density at radius 2 is 1.86 bits per heavy atom. The number of hydrogen-bond donors (Lipinski definition) is 1. The van der Waals surface area contributed by atoms with Crippen molar-refractivity contribution in [1.29, 1.82) is 0 Å². The van der Waals surface area contributed by atoms with E-state index in [1.165, 1.54) is 0 Å². The van der Waals surface area contributed by atoms with Crippen molar-refractivity contribution in [2.45, 2.75) is 31.7 Å². The van der Waals surface area contributed by atoms with Crippen LogP contribution in [-0.2, 0) is 9.59 Å². The van der Waals surface area contributed by atoms with Crippen LogP contribution in [0.1, 0.15) is 25.7 Å². The third-order valence-electron chi connectivity index (χ3n) is 4.78. The Morgan fingerprint density at radius 1 is 1.10 bits per heavy atom. The van der Waals surface area contributed by atoms with Crippen molar-refractivity contribution in [2.24, 2.45) is 5.92 Å². The highest BCUT2D eigenvalue weighted by Gasteiger charge is 2.39. The molecule has 3 aliphatic rings. The monoisotopic (exact) mass is 295 g/mol. The first-order valence-corrected chi connectivity index (χ1v) is 7.59. The Labute approximate surface area is 123 Å². The predicted octanol–water partition coefficient (Wildman–Crippen LogP) is 0.210. The van der Waals surface area contributed by atoms with E-state index < -0.39 is 5.97 Å². The maximum atomic E-state index is 12.5. The first-order chi connectivity index (χ1) is 10.0. The summed E-state index contributed by atoms with van der Waals surface area (Å²) in [6.45, 7) is 3.00. The Hall–Kier alpha value is -1.79. The van der Waals surface area contributed by atoms with Gasteiger partial charge in [0.2, 0.25) is 5.91 Å². The van der Waals surface area contributed by atoms with Crippen LogP contribution in [0, 0.1) is 5.92 Å². The number of nitrogens with zero attached hydrogens (tertiary/aromatic N) is 3. The standard InChI is InChI=1S/C14H21N3O4/c18-12-2-1-11-9-16(5-6-17(11)12)14(21)15-4-3-10(8-15)7-13(19)20/h10-11H,1-9H2,(H,19,20). The van der Waals surface area contributed by atoms with Gasteiger partial charge in [0.25, 0.3) is 0 Å². The number of amides is 3. The molecule has 3 aliphatic heterocycles. The van der Waals surface area contributed by atoms with Crippen molar-refractivity contribution in [3.8, 4) is 0 Å².